The third-order valence-corrected chi connectivity index (χ3v) is 3.55. The zero-order valence-electron chi connectivity index (χ0n) is 10.5. The molecule has 5 nitrogen and oxygen atoms in total. The van der Waals surface area contributed by atoms with Gasteiger partial charge in [-0.15, -0.1) is 0 Å². The van der Waals surface area contributed by atoms with Gasteiger partial charge in [-0.25, -0.2) is 0 Å². The number of nitrogens with one attached hydrogen (secondary N) is 3. The highest BCUT2D eigenvalue weighted by molar-refractivity contribution is 5.82. The summed E-state index contributed by atoms with van der Waals surface area (Å²) in [5, 5.41) is 9.61. The van der Waals surface area contributed by atoms with Crippen LogP contribution in [-0.4, -0.2) is 50.3 Å². The Labute approximate surface area is 103 Å². The van der Waals surface area contributed by atoms with E-state index < -0.39 is 0 Å². The molecule has 2 aliphatic heterocycles. The van der Waals surface area contributed by atoms with Crippen molar-refractivity contribution in [2.24, 2.45) is 0 Å². The van der Waals surface area contributed by atoms with Crippen molar-refractivity contribution in [2.75, 3.05) is 26.2 Å². The molecule has 0 bridgehead atoms. The fourth-order valence-corrected chi connectivity index (χ4v) is 2.51. The standard InChI is InChI=1S/C12H23N3O2/c1-9-11(14-7-8-17-9)12(16)15-6-4-10-3-2-5-13-10/h9-11,13-14H,2-8H2,1H3,(H,15,16)/t9-,10-,11+/m1/s1. The fraction of sp³-hybridized carbons (Fsp3) is 0.917. The van der Waals surface area contributed by atoms with Crippen LogP contribution in [0, 0.1) is 0 Å². The molecule has 98 valence electrons. The molecule has 0 aromatic heterocycles. The van der Waals surface area contributed by atoms with Crippen molar-refractivity contribution < 1.29 is 9.53 Å². The molecule has 0 radical (unpaired) electrons. The van der Waals surface area contributed by atoms with Gasteiger partial charge in [0.15, 0.2) is 0 Å². The largest absolute Gasteiger partial charge is 0.375 e. The Morgan fingerprint density at radius 2 is 2.29 bits per heavy atom. The first kappa shape index (κ1) is 12.8. The lowest BCUT2D eigenvalue weighted by atomic mass is 10.1. The normalized spacial score (nSPS) is 33.6. The molecule has 2 heterocycles. The molecule has 3 N–H and O–H groups in total. The van der Waals surface area contributed by atoms with E-state index in [4.69, 9.17) is 4.74 Å². The van der Waals surface area contributed by atoms with Crippen LogP contribution in [0.1, 0.15) is 26.2 Å². The van der Waals surface area contributed by atoms with Gasteiger partial charge in [0.1, 0.15) is 6.04 Å². The highest BCUT2D eigenvalue weighted by atomic mass is 16.5. The van der Waals surface area contributed by atoms with Crippen LogP contribution < -0.4 is 16.0 Å². The third-order valence-electron chi connectivity index (χ3n) is 3.55. The van der Waals surface area contributed by atoms with Crippen LogP contribution in [0.4, 0.5) is 0 Å². The third kappa shape index (κ3) is 3.66. The summed E-state index contributed by atoms with van der Waals surface area (Å²) in [7, 11) is 0. The van der Waals surface area contributed by atoms with Crippen molar-refractivity contribution in [1.82, 2.24) is 16.0 Å². The van der Waals surface area contributed by atoms with Gasteiger partial charge in [0, 0.05) is 19.1 Å². The number of hydrogen-bond donors (Lipinski definition) is 3. The molecule has 3 atom stereocenters. The number of carbonyl (C=O) groups is 1. The second-order valence-electron chi connectivity index (χ2n) is 4.88. The van der Waals surface area contributed by atoms with E-state index in [1.807, 2.05) is 6.92 Å². The van der Waals surface area contributed by atoms with E-state index in [-0.39, 0.29) is 18.1 Å². The molecule has 0 aliphatic carbocycles. The molecule has 2 saturated heterocycles. The number of rotatable bonds is 4. The molecule has 5 heteroatoms. The van der Waals surface area contributed by atoms with Crippen LogP contribution >= 0.6 is 0 Å². The molecule has 0 aromatic rings. The summed E-state index contributed by atoms with van der Waals surface area (Å²) in [6.07, 6.45) is 3.48. The predicted molar refractivity (Wildman–Crippen MR) is 65.9 cm³/mol. The van der Waals surface area contributed by atoms with Gasteiger partial charge >= 0.3 is 0 Å². The number of carbonyl (C=O) groups excluding carboxylic acids is 1. The van der Waals surface area contributed by atoms with E-state index in [2.05, 4.69) is 16.0 Å². The molecule has 2 aliphatic rings. The molecular weight excluding hydrogens is 218 g/mol. The van der Waals surface area contributed by atoms with Crippen LogP contribution in [0.2, 0.25) is 0 Å². The Morgan fingerprint density at radius 3 is 3.00 bits per heavy atom. The second-order valence-corrected chi connectivity index (χ2v) is 4.88. The van der Waals surface area contributed by atoms with E-state index in [1.54, 1.807) is 0 Å². The van der Waals surface area contributed by atoms with Crippen LogP contribution in [0.5, 0.6) is 0 Å². The first-order valence-corrected chi connectivity index (χ1v) is 6.63. The smallest absolute Gasteiger partial charge is 0.239 e. The first-order valence-electron chi connectivity index (χ1n) is 6.63. The van der Waals surface area contributed by atoms with Crippen LogP contribution in [0.25, 0.3) is 0 Å². The maximum atomic E-state index is 11.9. The molecule has 17 heavy (non-hydrogen) atoms. The number of ether oxygens (including phenoxy) is 1. The summed E-state index contributed by atoms with van der Waals surface area (Å²) in [5.41, 5.74) is 0. The van der Waals surface area contributed by atoms with E-state index in [0.29, 0.717) is 12.6 Å². The van der Waals surface area contributed by atoms with Gasteiger partial charge < -0.3 is 20.7 Å². The summed E-state index contributed by atoms with van der Waals surface area (Å²) in [4.78, 5) is 11.9. The van der Waals surface area contributed by atoms with Crippen molar-refractivity contribution >= 4 is 5.91 Å². The van der Waals surface area contributed by atoms with Gasteiger partial charge in [-0.2, -0.15) is 0 Å². The van der Waals surface area contributed by atoms with Crippen molar-refractivity contribution in [2.45, 2.75) is 44.4 Å². The van der Waals surface area contributed by atoms with E-state index in [9.17, 15) is 4.79 Å². The summed E-state index contributed by atoms with van der Waals surface area (Å²) in [6, 6.07) is 0.392. The summed E-state index contributed by atoms with van der Waals surface area (Å²) >= 11 is 0. The zero-order chi connectivity index (χ0) is 12.1. The maximum absolute atomic E-state index is 11.9. The highest BCUT2D eigenvalue weighted by Crippen LogP contribution is 2.08. The average molecular weight is 241 g/mol. The van der Waals surface area contributed by atoms with Gasteiger partial charge in [0.25, 0.3) is 0 Å². The van der Waals surface area contributed by atoms with Crippen LogP contribution in [0.15, 0.2) is 0 Å². The Hall–Kier alpha value is -0.650. The lowest BCUT2D eigenvalue weighted by molar-refractivity contribution is -0.128. The highest BCUT2D eigenvalue weighted by Gasteiger charge is 2.28. The van der Waals surface area contributed by atoms with E-state index in [1.165, 1.54) is 12.8 Å². The Morgan fingerprint density at radius 1 is 1.41 bits per heavy atom. The van der Waals surface area contributed by atoms with Gasteiger partial charge in [-0.3, -0.25) is 4.79 Å². The lowest BCUT2D eigenvalue weighted by Crippen LogP contribution is -2.55. The first-order chi connectivity index (χ1) is 8.27. The van der Waals surface area contributed by atoms with E-state index >= 15 is 0 Å². The summed E-state index contributed by atoms with van der Waals surface area (Å²) in [5.74, 6) is 0.0650. The minimum Gasteiger partial charge on any atom is -0.375 e. The SMILES string of the molecule is C[C@H]1OCCN[C@@H]1C(=O)NCC[C@H]1CCCN1. The Kier molecular flexibility index (Phi) is 4.76. The second kappa shape index (κ2) is 6.33. The minimum atomic E-state index is -0.194. The van der Waals surface area contributed by atoms with Gasteiger partial charge in [-0.05, 0) is 32.7 Å². The van der Waals surface area contributed by atoms with Gasteiger partial charge in [-0.1, -0.05) is 0 Å². The average Bonchev–Trinajstić information content (AvgIpc) is 2.82. The number of amides is 1. The van der Waals surface area contributed by atoms with Crippen LogP contribution in [0.3, 0.4) is 0 Å². The topological polar surface area (TPSA) is 62.4 Å². The van der Waals surface area contributed by atoms with Crippen molar-refractivity contribution in [3.05, 3.63) is 0 Å². The van der Waals surface area contributed by atoms with Crippen molar-refractivity contribution in [3.8, 4) is 0 Å². The molecule has 2 fully saturated rings. The Balaban J connectivity index is 1.65. The quantitative estimate of drug-likeness (QED) is 0.628. The maximum Gasteiger partial charge on any atom is 0.239 e. The zero-order valence-corrected chi connectivity index (χ0v) is 10.5. The van der Waals surface area contributed by atoms with Gasteiger partial charge in [0.05, 0.1) is 12.7 Å². The van der Waals surface area contributed by atoms with E-state index in [0.717, 1.165) is 26.1 Å². The number of morpholine rings is 1. The minimum absolute atomic E-state index is 0.0339. The molecule has 1 amide bonds. The van der Waals surface area contributed by atoms with Crippen molar-refractivity contribution in [3.63, 3.8) is 0 Å². The monoisotopic (exact) mass is 241 g/mol. The van der Waals surface area contributed by atoms with Crippen LogP contribution in [-0.2, 0) is 9.53 Å². The number of hydrogen-bond acceptors (Lipinski definition) is 4. The fourth-order valence-electron chi connectivity index (χ4n) is 2.51. The molecule has 2 rings (SSSR count). The molecule has 0 aromatic carbocycles. The Bertz CT molecular complexity index is 254. The summed E-state index contributed by atoms with van der Waals surface area (Å²) in [6.45, 7) is 5.26. The molecule has 0 saturated carbocycles. The lowest BCUT2D eigenvalue weighted by Gasteiger charge is -2.29. The predicted octanol–water partition coefficient (Wildman–Crippen LogP) is -0.378. The molecule has 0 unspecified atom stereocenters. The summed E-state index contributed by atoms with van der Waals surface area (Å²) < 4.78 is 5.46. The molecular formula is C12H23N3O2. The molecule has 0 spiro atoms. The van der Waals surface area contributed by atoms with Crippen molar-refractivity contribution in [1.29, 1.82) is 0 Å². The van der Waals surface area contributed by atoms with Gasteiger partial charge in [0.2, 0.25) is 5.91 Å².